The summed E-state index contributed by atoms with van der Waals surface area (Å²) in [5.74, 6) is -0.657. The fourth-order valence-corrected chi connectivity index (χ4v) is 4.53. The molecule has 3 aromatic rings. The smallest absolute Gasteiger partial charge is 0.301 e. The third-order valence-electron chi connectivity index (χ3n) is 5.49. The van der Waals surface area contributed by atoms with E-state index in [9.17, 15) is 14.7 Å². The molecule has 7 heteroatoms. The first-order valence-corrected chi connectivity index (χ1v) is 11.7. The number of Topliss-reactive ketones (excluding diaryl/α,β-unsaturated/α-hetero) is 1. The molecule has 2 heterocycles. The molecule has 0 bridgehead atoms. The van der Waals surface area contributed by atoms with Crippen molar-refractivity contribution >= 4 is 33.9 Å². The van der Waals surface area contributed by atoms with Crippen LogP contribution in [0.2, 0.25) is 0 Å². The number of anilines is 1. The number of thiazole rings is 1. The van der Waals surface area contributed by atoms with Gasteiger partial charge in [0.25, 0.3) is 5.78 Å². The zero-order chi connectivity index (χ0) is 23.7. The number of ether oxygens (including phenoxy) is 1. The van der Waals surface area contributed by atoms with Crippen LogP contribution >= 0.6 is 11.3 Å². The highest BCUT2D eigenvalue weighted by Crippen LogP contribution is 2.43. The van der Waals surface area contributed by atoms with Gasteiger partial charge in [0.1, 0.15) is 11.5 Å². The number of aliphatic hydroxyl groups is 1. The van der Waals surface area contributed by atoms with Gasteiger partial charge in [-0.1, -0.05) is 38.1 Å². The third-order valence-corrected chi connectivity index (χ3v) is 6.26. The molecule has 0 unspecified atom stereocenters. The van der Waals surface area contributed by atoms with E-state index >= 15 is 0 Å². The van der Waals surface area contributed by atoms with E-state index in [2.05, 4.69) is 18.8 Å². The fourth-order valence-electron chi connectivity index (χ4n) is 3.86. The normalized spacial score (nSPS) is 17.9. The Hall–Kier alpha value is -3.45. The largest absolute Gasteiger partial charge is 0.507 e. The highest BCUT2D eigenvalue weighted by atomic mass is 32.1. The van der Waals surface area contributed by atoms with Crippen LogP contribution < -0.4 is 9.64 Å². The van der Waals surface area contributed by atoms with Crippen LogP contribution in [0.25, 0.3) is 5.76 Å². The van der Waals surface area contributed by atoms with Crippen LogP contribution in [-0.2, 0) is 9.59 Å². The number of hydrogen-bond acceptors (Lipinski definition) is 6. The maximum Gasteiger partial charge on any atom is 0.301 e. The summed E-state index contributed by atoms with van der Waals surface area (Å²) in [6.07, 6.45) is 1.60. The van der Waals surface area contributed by atoms with Gasteiger partial charge in [-0.2, -0.15) is 0 Å². The Labute approximate surface area is 197 Å². The number of carbonyl (C=O) groups excluding carboxylic acids is 2. The number of carbonyl (C=O) groups is 2. The highest BCUT2D eigenvalue weighted by molar-refractivity contribution is 7.14. The number of ketones is 1. The van der Waals surface area contributed by atoms with Crippen molar-refractivity contribution in [3.05, 3.63) is 82.4 Å². The molecule has 1 aromatic heterocycles. The lowest BCUT2D eigenvalue weighted by Crippen LogP contribution is -2.29. The van der Waals surface area contributed by atoms with Gasteiger partial charge in [0, 0.05) is 17.1 Å². The van der Waals surface area contributed by atoms with E-state index in [1.807, 2.05) is 38.1 Å². The Morgan fingerprint density at radius 2 is 1.70 bits per heavy atom. The Kier molecular flexibility index (Phi) is 6.33. The van der Waals surface area contributed by atoms with Crippen LogP contribution in [0.4, 0.5) is 5.13 Å². The van der Waals surface area contributed by atoms with Crippen molar-refractivity contribution in [2.45, 2.75) is 45.8 Å². The average molecular weight is 463 g/mol. The minimum atomic E-state index is -0.774. The molecule has 1 N–H and O–H groups in total. The summed E-state index contributed by atoms with van der Waals surface area (Å²) >= 11 is 1.27. The Balaban J connectivity index is 1.83. The van der Waals surface area contributed by atoms with Crippen molar-refractivity contribution in [1.82, 2.24) is 4.98 Å². The van der Waals surface area contributed by atoms with Crippen molar-refractivity contribution < 1.29 is 19.4 Å². The zero-order valence-electron chi connectivity index (χ0n) is 19.0. The van der Waals surface area contributed by atoms with Gasteiger partial charge in [-0.3, -0.25) is 14.5 Å². The summed E-state index contributed by atoms with van der Waals surface area (Å²) in [4.78, 5) is 31.8. The summed E-state index contributed by atoms with van der Waals surface area (Å²) in [5, 5.41) is 13.4. The van der Waals surface area contributed by atoms with Crippen molar-refractivity contribution in [2.75, 3.05) is 4.90 Å². The number of aromatic nitrogens is 1. The van der Waals surface area contributed by atoms with Gasteiger partial charge in [-0.15, -0.1) is 11.3 Å². The first-order valence-electron chi connectivity index (χ1n) is 10.9. The Morgan fingerprint density at radius 1 is 1.03 bits per heavy atom. The SMILES string of the molecule is CC(C)Oc1ccc(C(O)=C2C(=O)C(=O)N(c3nccs3)[C@H]2c2ccc(C(C)C)cc2)cc1. The van der Waals surface area contributed by atoms with Crippen LogP contribution in [0.5, 0.6) is 5.75 Å². The molecule has 0 spiro atoms. The molecule has 1 aliphatic heterocycles. The van der Waals surface area contributed by atoms with E-state index in [4.69, 9.17) is 4.74 Å². The first-order chi connectivity index (χ1) is 15.8. The van der Waals surface area contributed by atoms with Crippen molar-refractivity contribution in [3.8, 4) is 5.75 Å². The third kappa shape index (κ3) is 4.41. The van der Waals surface area contributed by atoms with Gasteiger partial charge in [-0.25, -0.2) is 4.98 Å². The van der Waals surface area contributed by atoms with E-state index in [-0.39, 0.29) is 17.4 Å². The molecule has 170 valence electrons. The monoisotopic (exact) mass is 462 g/mol. The predicted octanol–water partition coefficient (Wildman–Crippen LogP) is 5.68. The summed E-state index contributed by atoms with van der Waals surface area (Å²) in [7, 11) is 0. The molecule has 1 aliphatic rings. The second kappa shape index (κ2) is 9.19. The molecular weight excluding hydrogens is 436 g/mol. The fraction of sp³-hybridized carbons (Fsp3) is 0.269. The predicted molar refractivity (Wildman–Crippen MR) is 130 cm³/mol. The lowest BCUT2D eigenvalue weighted by molar-refractivity contribution is -0.132. The van der Waals surface area contributed by atoms with Crippen LogP contribution in [0.1, 0.15) is 56.3 Å². The lowest BCUT2D eigenvalue weighted by Gasteiger charge is -2.23. The minimum Gasteiger partial charge on any atom is -0.507 e. The second-order valence-corrected chi connectivity index (χ2v) is 9.37. The van der Waals surface area contributed by atoms with Gasteiger partial charge >= 0.3 is 5.91 Å². The van der Waals surface area contributed by atoms with Crippen LogP contribution in [-0.4, -0.2) is 27.9 Å². The first kappa shape index (κ1) is 22.7. The number of benzene rings is 2. The zero-order valence-corrected chi connectivity index (χ0v) is 19.8. The topological polar surface area (TPSA) is 79.7 Å². The molecule has 1 fully saturated rings. The number of aliphatic hydroxyl groups excluding tert-OH is 1. The van der Waals surface area contributed by atoms with Gasteiger partial charge < -0.3 is 9.84 Å². The van der Waals surface area contributed by atoms with Gasteiger partial charge in [0.2, 0.25) is 0 Å². The standard InChI is InChI=1S/C26H26N2O4S/c1-15(2)17-5-7-18(8-6-17)22-21(24(30)25(31)28(22)26-27-13-14-33-26)23(29)19-9-11-20(12-10-19)32-16(3)4/h5-16,22,29H,1-4H3/t22-/m0/s1. The van der Waals surface area contributed by atoms with Crippen LogP contribution in [0.15, 0.2) is 65.7 Å². The summed E-state index contributed by atoms with van der Waals surface area (Å²) < 4.78 is 5.67. The summed E-state index contributed by atoms with van der Waals surface area (Å²) in [6.45, 7) is 8.06. The van der Waals surface area contributed by atoms with Crippen molar-refractivity contribution in [1.29, 1.82) is 0 Å². The van der Waals surface area contributed by atoms with Gasteiger partial charge in [-0.05, 0) is 55.2 Å². The second-order valence-electron chi connectivity index (χ2n) is 8.50. The quantitative estimate of drug-likeness (QED) is 0.290. The van der Waals surface area contributed by atoms with Crippen molar-refractivity contribution in [2.24, 2.45) is 0 Å². The van der Waals surface area contributed by atoms with E-state index in [0.29, 0.717) is 22.4 Å². The maximum absolute atomic E-state index is 13.1. The molecule has 1 saturated heterocycles. The summed E-state index contributed by atoms with van der Waals surface area (Å²) in [5.41, 5.74) is 2.36. The Morgan fingerprint density at radius 3 is 2.24 bits per heavy atom. The molecule has 0 saturated carbocycles. The molecule has 33 heavy (non-hydrogen) atoms. The van der Waals surface area contributed by atoms with Crippen LogP contribution in [0.3, 0.4) is 0 Å². The summed E-state index contributed by atoms with van der Waals surface area (Å²) in [6, 6.07) is 13.8. The molecule has 1 atom stereocenters. The Bertz CT molecular complexity index is 1180. The lowest BCUT2D eigenvalue weighted by atomic mass is 9.93. The number of hydrogen-bond donors (Lipinski definition) is 1. The average Bonchev–Trinajstić information content (AvgIpc) is 3.40. The number of amides is 1. The molecular formula is C26H26N2O4S. The molecule has 4 rings (SSSR count). The van der Waals surface area contributed by atoms with E-state index in [1.54, 1.807) is 35.8 Å². The minimum absolute atomic E-state index is 0.0156. The van der Waals surface area contributed by atoms with Gasteiger partial charge in [0.05, 0.1) is 17.7 Å². The maximum atomic E-state index is 13.1. The van der Waals surface area contributed by atoms with E-state index in [0.717, 1.165) is 11.1 Å². The van der Waals surface area contributed by atoms with E-state index < -0.39 is 17.7 Å². The van der Waals surface area contributed by atoms with Gasteiger partial charge in [0.15, 0.2) is 5.13 Å². The molecule has 2 aromatic carbocycles. The van der Waals surface area contributed by atoms with Crippen molar-refractivity contribution in [3.63, 3.8) is 0 Å². The number of rotatable bonds is 6. The molecule has 0 aliphatic carbocycles. The van der Waals surface area contributed by atoms with E-state index in [1.165, 1.54) is 16.2 Å². The number of nitrogens with zero attached hydrogens (tertiary/aromatic N) is 2. The molecule has 6 nitrogen and oxygen atoms in total. The van der Waals surface area contributed by atoms with Crippen LogP contribution in [0, 0.1) is 0 Å². The molecule has 1 amide bonds. The highest BCUT2D eigenvalue weighted by Gasteiger charge is 2.47. The molecule has 0 radical (unpaired) electrons.